The van der Waals surface area contributed by atoms with Crippen molar-refractivity contribution < 1.29 is 28.9 Å². The van der Waals surface area contributed by atoms with Crippen LogP contribution in [0.4, 0.5) is 0 Å². The summed E-state index contributed by atoms with van der Waals surface area (Å²) in [7, 11) is 4.67. The summed E-state index contributed by atoms with van der Waals surface area (Å²) in [5.41, 5.74) is 2.05. The van der Waals surface area contributed by atoms with Crippen LogP contribution in [0.3, 0.4) is 0 Å². The van der Waals surface area contributed by atoms with Gasteiger partial charge in [-0.05, 0) is 47.4 Å². The number of hydrogen-bond donors (Lipinski definition) is 1. The molecule has 0 radical (unpaired) electrons. The molecule has 1 aliphatic rings. The molecule has 1 saturated heterocycles. The van der Waals surface area contributed by atoms with E-state index in [1.807, 2.05) is 13.8 Å². The Kier molecular flexibility index (Phi) is 7.20. The van der Waals surface area contributed by atoms with Crippen LogP contribution >= 0.6 is 0 Å². The fourth-order valence-electron chi connectivity index (χ4n) is 3.95. The number of methoxy groups -OCH3 is 3. The third kappa shape index (κ3) is 4.34. The van der Waals surface area contributed by atoms with Gasteiger partial charge in [-0.1, -0.05) is 26.0 Å². The Labute approximate surface area is 188 Å². The summed E-state index contributed by atoms with van der Waals surface area (Å²) in [6, 6.07) is 11.6. The highest BCUT2D eigenvalue weighted by molar-refractivity contribution is 6.46. The monoisotopic (exact) mass is 439 g/mol. The van der Waals surface area contributed by atoms with E-state index in [2.05, 4.69) is 0 Å². The number of rotatable bonds is 8. The van der Waals surface area contributed by atoms with Gasteiger partial charge >= 0.3 is 0 Å². The molecule has 1 N–H and O–H groups in total. The maximum atomic E-state index is 13.1. The summed E-state index contributed by atoms with van der Waals surface area (Å²) in [4.78, 5) is 27.4. The summed E-state index contributed by atoms with van der Waals surface area (Å²) in [6.07, 6.45) is 0. The topological polar surface area (TPSA) is 85.3 Å². The standard InChI is InChI=1S/C25H29NO6/c1-15(2)19-14-17(9-10-20(19)32-5)23(27)21-22(16-7-6-8-18(13-16)31-4)26(11-12-30-3)25(29)24(21)28/h6-10,13-15,22,27H,11-12H2,1-5H3/b23-21-. The number of nitrogens with zero attached hydrogens (tertiary/aromatic N) is 1. The molecule has 1 aliphatic heterocycles. The van der Waals surface area contributed by atoms with Crippen molar-refractivity contribution in [3.8, 4) is 11.5 Å². The fourth-order valence-corrected chi connectivity index (χ4v) is 3.95. The van der Waals surface area contributed by atoms with Gasteiger partial charge in [-0.25, -0.2) is 0 Å². The molecule has 1 fully saturated rings. The summed E-state index contributed by atoms with van der Waals surface area (Å²) in [5, 5.41) is 11.3. The van der Waals surface area contributed by atoms with E-state index in [1.165, 1.54) is 12.0 Å². The summed E-state index contributed by atoms with van der Waals surface area (Å²) in [5.74, 6) is -0.202. The highest BCUT2D eigenvalue weighted by Crippen LogP contribution is 2.41. The zero-order valence-electron chi connectivity index (χ0n) is 19.0. The average Bonchev–Trinajstić information content (AvgIpc) is 3.06. The third-order valence-electron chi connectivity index (χ3n) is 5.61. The summed E-state index contributed by atoms with van der Waals surface area (Å²) >= 11 is 0. The number of likely N-dealkylation sites (tertiary alicyclic amines) is 1. The van der Waals surface area contributed by atoms with Crippen LogP contribution in [0.2, 0.25) is 0 Å². The van der Waals surface area contributed by atoms with E-state index in [4.69, 9.17) is 14.2 Å². The maximum absolute atomic E-state index is 13.1. The molecule has 170 valence electrons. The van der Waals surface area contributed by atoms with Gasteiger partial charge in [0.1, 0.15) is 17.3 Å². The lowest BCUT2D eigenvalue weighted by molar-refractivity contribution is -0.140. The highest BCUT2D eigenvalue weighted by atomic mass is 16.5. The quantitative estimate of drug-likeness (QED) is 0.382. The molecule has 1 amide bonds. The Morgan fingerprint density at radius 3 is 2.44 bits per heavy atom. The van der Waals surface area contributed by atoms with Crippen LogP contribution in [0.5, 0.6) is 11.5 Å². The van der Waals surface area contributed by atoms with Gasteiger partial charge in [0, 0.05) is 19.2 Å². The molecular weight excluding hydrogens is 410 g/mol. The van der Waals surface area contributed by atoms with Crippen LogP contribution in [0.15, 0.2) is 48.0 Å². The van der Waals surface area contributed by atoms with Crippen molar-refractivity contribution in [2.24, 2.45) is 0 Å². The van der Waals surface area contributed by atoms with Crippen molar-refractivity contribution >= 4 is 17.4 Å². The largest absolute Gasteiger partial charge is 0.507 e. The summed E-state index contributed by atoms with van der Waals surface area (Å²) in [6.45, 7) is 4.50. The first kappa shape index (κ1) is 23.3. The van der Waals surface area contributed by atoms with E-state index >= 15 is 0 Å². The van der Waals surface area contributed by atoms with Crippen molar-refractivity contribution in [2.75, 3.05) is 34.5 Å². The van der Waals surface area contributed by atoms with Gasteiger partial charge in [0.15, 0.2) is 0 Å². The van der Waals surface area contributed by atoms with Crippen LogP contribution in [-0.2, 0) is 14.3 Å². The lowest BCUT2D eigenvalue weighted by Gasteiger charge is -2.25. The van der Waals surface area contributed by atoms with Crippen molar-refractivity contribution in [1.29, 1.82) is 0 Å². The van der Waals surface area contributed by atoms with Crippen LogP contribution in [0, 0.1) is 0 Å². The Bertz CT molecular complexity index is 1040. The van der Waals surface area contributed by atoms with Gasteiger partial charge in [-0.3, -0.25) is 9.59 Å². The average molecular weight is 440 g/mol. The summed E-state index contributed by atoms with van der Waals surface area (Å²) < 4.78 is 15.9. The van der Waals surface area contributed by atoms with Gasteiger partial charge in [-0.15, -0.1) is 0 Å². The molecule has 0 spiro atoms. The number of amides is 1. The van der Waals surface area contributed by atoms with Crippen LogP contribution in [0.1, 0.15) is 42.5 Å². The molecule has 0 aromatic heterocycles. The second-order valence-corrected chi connectivity index (χ2v) is 7.87. The molecule has 2 aromatic rings. The first-order valence-corrected chi connectivity index (χ1v) is 10.4. The van der Waals surface area contributed by atoms with Crippen LogP contribution in [-0.4, -0.2) is 56.2 Å². The van der Waals surface area contributed by atoms with Crippen molar-refractivity contribution in [2.45, 2.75) is 25.8 Å². The number of benzene rings is 2. The number of carbonyl (C=O) groups excluding carboxylic acids is 2. The predicted molar refractivity (Wildman–Crippen MR) is 121 cm³/mol. The number of aliphatic hydroxyl groups is 1. The Morgan fingerprint density at radius 2 is 1.81 bits per heavy atom. The Morgan fingerprint density at radius 1 is 1.06 bits per heavy atom. The number of Topliss-reactive ketones (excluding diaryl/α,β-unsaturated/α-hetero) is 1. The molecule has 32 heavy (non-hydrogen) atoms. The number of hydrogen-bond acceptors (Lipinski definition) is 6. The minimum atomic E-state index is -0.759. The molecule has 3 rings (SSSR count). The Balaban J connectivity index is 2.20. The van der Waals surface area contributed by atoms with E-state index in [-0.39, 0.29) is 30.4 Å². The second-order valence-electron chi connectivity index (χ2n) is 7.87. The molecule has 0 aliphatic carbocycles. The highest BCUT2D eigenvalue weighted by Gasteiger charge is 2.46. The minimum absolute atomic E-state index is 0.0410. The lowest BCUT2D eigenvalue weighted by atomic mass is 9.93. The van der Waals surface area contributed by atoms with Crippen LogP contribution in [0.25, 0.3) is 5.76 Å². The third-order valence-corrected chi connectivity index (χ3v) is 5.61. The second kappa shape index (κ2) is 9.87. The smallest absolute Gasteiger partial charge is 0.295 e. The van der Waals surface area contributed by atoms with Crippen LogP contribution < -0.4 is 9.47 Å². The fraction of sp³-hybridized carbons (Fsp3) is 0.360. The van der Waals surface area contributed by atoms with Gasteiger partial charge in [0.05, 0.1) is 32.4 Å². The number of carbonyl (C=O) groups is 2. The molecule has 2 aromatic carbocycles. The predicted octanol–water partition coefficient (Wildman–Crippen LogP) is 3.90. The minimum Gasteiger partial charge on any atom is -0.507 e. The van der Waals surface area contributed by atoms with E-state index in [0.717, 1.165) is 5.56 Å². The van der Waals surface area contributed by atoms with Gasteiger partial charge < -0.3 is 24.2 Å². The normalized spacial score (nSPS) is 17.8. The van der Waals surface area contributed by atoms with Gasteiger partial charge in [0.25, 0.3) is 11.7 Å². The van der Waals surface area contributed by atoms with E-state index < -0.39 is 17.7 Å². The number of ketones is 1. The van der Waals surface area contributed by atoms with E-state index in [9.17, 15) is 14.7 Å². The molecule has 7 heteroatoms. The molecule has 7 nitrogen and oxygen atoms in total. The lowest BCUT2D eigenvalue weighted by Crippen LogP contribution is -2.32. The van der Waals surface area contributed by atoms with Crippen molar-refractivity contribution in [1.82, 2.24) is 4.90 Å². The molecule has 0 saturated carbocycles. The first-order chi connectivity index (χ1) is 15.3. The first-order valence-electron chi connectivity index (χ1n) is 10.4. The van der Waals surface area contributed by atoms with E-state index in [0.29, 0.717) is 22.6 Å². The molecular formula is C25H29NO6. The van der Waals surface area contributed by atoms with Gasteiger partial charge in [0.2, 0.25) is 0 Å². The number of ether oxygens (including phenoxy) is 3. The SMILES string of the molecule is COCCN1C(=O)C(=O)/C(=C(\O)c2ccc(OC)c(C(C)C)c2)C1c1cccc(OC)c1. The molecule has 1 atom stereocenters. The zero-order valence-corrected chi connectivity index (χ0v) is 19.0. The number of aliphatic hydroxyl groups excluding tert-OH is 1. The van der Waals surface area contributed by atoms with E-state index in [1.54, 1.807) is 56.7 Å². The molecule has 0 bridgehead atoms. The Hall–Kier alpha value is -3.32. The molecule has 1 heterocycles. The molecule has 1 unspecified atom stereocenters. The maximum Gasteiger partial charge on any atom is 0.295 e. The zero-order chi connectivity index (χ0) is 23.4. The van der Waals surface area contributed by atoms with Gasteiger partial charge in [-0.2, -0.15) is 0 Å². The van der Waals surface area contributed by atoms with Crippen molar-refractivity contribution in [3.05, 3.63) is 64.7 Å². The van der Waals surface area contributed by atoms with Crippen molar-refractivity contribution in [3.63, 3.8) is 0 Å².